The van der Waals surface area contributed by atoms with E-state index in [0.29, 0.717) is 5.25 Å². The molecule has 0 radical (unpaired) electrons. The minimum absolute atomic E-state index is 0.347. The van der Waals surface area contributed by atoms with E-state index in [2.05, 4.69) is 69.5 Å². The minimum atomic E-state index is 0.347. The van der Waals surface area contributed by atoms with E-state index in [-0.39, 0.29) is 0 Å². The monoisotopic (exact) mass is 413 g/mol. The van der Waals surface area contributed by atoms with Gasteiger partial charge in [0.1, 0.15) is 5.75 Å². The molecule has 3 aromatic carbocycles. The number of ether oxygens (including phenoxy) is 1. The maximum absolute atomic E-state index is 5.66. The lowest BCUT2D eigenvalue weighted by Crippen LogP contribution is -2.24. The van der Waals surface area contributed by atoms with E-state index in [4.69, 9.17) is 4.74 Å². The number of nitrogens with zero attached hydrogens (tertiary/aromatic N) is 3. The van der Waals surface area contributed by atoms with E-state index < -0.39 is 0 Å². The van der Waals surface area contributed by atoms with Crippen LogP contribution in [0, 0.1) is 0 Å². The van der Waals surface area contributed by atoms with Crippen LogP contribution < -0.4 is 9.64 Å². The van der Waals surface area contributed by atoms with Gasteiger partial charge in [-0.05, 0) is 36.2 Å². The van der Waals surface area contributed by atoms with Crippen LogP contribution in [-0.2, 0) is 6.54 Å². The number of para-hydroxylation sites is 3. The quantitative estimate of drug-likeness (QED) is 0.418. The van der Waals surface area contributed by atoms with E-state index in [1.165, 1.54) is 21.7 Å². The summed E-state index contributed by atoms with van der Waals surface area (Å²) >= 11 is 1.93. The third kappa shape index (κ3) is 3.61. The van der Waals surface area contributed by atoms with E-state index in [9.17, 15) is 0 Å². The standard InChI is InChI=1S/C25H23N3OS/c1-29-22-11-4-2-8-19(22)23-13-16-28(21-10-3-5-12-24(21)30-23)17-18-7-6-9-20-25(18)27-15-14-26-20/h2-12,14-15,23H,13,16-17H2,1H3. The maximum atomic E-state index is 5.66. The molecule has 1 aliphatic rings. The van der Waals surface area contributed by atoms with Gasteiger partial charge in [-0.3, -0.25) is 9.97 Å². The molecule has 30 heavy (non-hydrogen) atoms. The molecule has 0 fully saturated rings. The van der Waals surface area contributed by atoms with Gasteiger partial charge >= 0.3 is 0 Å². The van der Waals surface area contributed by atoms with Gasteiger partial charge in [-0.2, -0.15) is 0 Å². The summed E-state index contributed by atoms with van der Waals surface area (Å²) in [7, 11) is 1.75. The first-order valence-corrected chi connectivity index (χ1v) is 11.0. The Morgan fingerprint density at radius 1 is 0.967 bits per heavy atom. The summed E-state index contributed by atoms with van der Waals surface area (Å²) in [5.74, 6) is 0.963. The first-order valence-electron chi connectivity index (χ1n) is 10.2. The van der Waals surface area contributed by atoms with Crippen LogP contribution in [-0.4, -0.2) is 23.6 Å². The lowest BCUT2D eigenvalue weighted by Gasteiger charge is -2.25. The van der Waals surface area contributed by atoms with Gasteiger partial charge in [-0.15, -0.1) is 11.8 Å². The van der Waals surface area contributed by atoms with Gasteiger partial charge in [-0.1, -0.05) is 42.5 Å². The molecule has 1 unspecified atom stereocenters. The van der Waals surface area contributed by atoms with Crippen LogP contribution in [0.25, 0.3) is 11.0 Å². The van der Waals surface area contributed by atoms with Gasteiger partial charge in [0.05, 0.1) is 23.8 Å². The topological polar surface area (TPSA) is 38.2 Å². The molecule has 0 saturated heterocycles. The van der Waals surface area contributed by atoms with Gasteiger partial charge < -0.3 is 9.64 Å². The highest BCUT2D eigenvalue weighted by atomic mass is 32.2. The van der Waals surface area contributed by atoms with Crippen LogP contribution in [0.5, 0.6) is 5.75 Å². The van der Waals surface area contributed by atoms with Gasteiger partial charge in [0.15, 0.2) is 0 Å². The molecule has 5 heteroatoms. The van der Waals surface area contributed by atoms with E-state index in [0.717, 1.165) is 36.3 Å². The maximum Gasteiger partial charge on any atom is 0.123 e. The Kier molecular flexibility index (Phi) is 5.28. The zero-order chi connectivity index (χ0) is 20.3. The summed E-state index contributed by atoms with van der Waals surface area (Å²) in [5, 5.41) is 0.347. The highest BCUT2D eigenvalue weighted by molar-refractivity contribution is 7.99. The molecular weight excluding hydrogens is 390 g/mol. The predicted octanol–water partition coefficient (Wildman–Crippen LogP) is 5.88. The Bertz CT molecular complexity index is 1170. The zero-order valence-corrected chi connectivity index (χ0v) is 17.7. The molecule has 1 aliphatic heterocycles. The molecule has 4 nitrogen and oxygen atoms in total. The molecule has 0 saturated carbocycles. The Morgan fingerprint density at radius 3 is 2.73 bits per heavy atom. The number of benzene rings is 3. The van der Waals surface area contributed by atoms with Crippen LogP contribution in [0.1, 0.15) is 22.8 Å². The van der Waals surface area contributed by atoms with Crippen molar-refractivity contribution in [3.63, 3.8) is 0 Å². The predicted molar refractivity (Wildman–Crippen MR) is 123 cm³/mol. The molecule has 0 N–H and O–H groups in total. The summed E-state index contributed by atoms with van der Waals surface area (Å²) in [4.78, 5) is 12.8. The fourth-order valence-electron chi connectivity index (χ4n) is 4.13. The third-order valence-electron chi connectivity index (χ3n) is 5.57. The Hall–Kier alpha value is -3.05. The highest BCUT2D eigenvalue weighted by Gasteiger charge is 2.25. The number of methoxy groups -OCH3 is 1. The molecule has 0 amide bonds. The van der Waals surface area contributed by atoms with Crippen LogP contribution in [0.4, 0.5) is 5.69 Å². The minimum Gasteiger partial charge on any atom is -0.496 e. The number of aromatic nitrogens is 2. The van der Waals surface area contributed by atoms with Gasteiger partial charge in [0.25, 0.3) is 0 Å². The van der Waals surface area contributed by atoms with Crippen molar-refractivity contribution in [3.8, 4) is 5.75 Å². The smallest absolute Gasteiger partial charge is 0.123 e. The highest BCUT2D eigenvalue weighted by Crippen LogP contribution is 2.47. The molecule has 5 rings (SSSR count). The molecule has 0 spiro atoms. The second-order valence-electron chi connectivity index (χ2n) is 7.37. The lowest BCUT2D eigenvalue weighted by molar-refractivity contribution is 0.409. The van der Waals surface area contributed by atoms with Crippen LogP contribution >= 0.6 is 11.8 Å². The summed E-state index contributed by atoms with van der Waals surface area (Å²) in [6.45, 7) is 1.77. The second kappa shape index (κ2) is 8.36. The zero-order valence-electron chi connectivity index (χ0n) is 16.9. The summed E-state index contributed by atoms with van der Waals surface area (Å²) < 4.78 is 5.66. The number of hydrogen-bond donors (Lipinski definition) is 0. The third-order valence-corrected chi connectivity index (χ3v) is 6.94. The number of fused-ring (bicyclic) bond motifs is 2. The summed E-state index contributed by atoms with van der Waals surface area (Å²) in [6, 6.07) is 23.3. The van der Waals surface area contributed by atoms with Gasteiger partial charge in [0, 0.05) is 41.2 Å². The van der Waals surface area contributed by atoms with Crippen molar-refractivity contribution < 1.29 is 4.74 Å². The van der Waals surface area contributed by atoms with Crippen LogP contribution in [0.15, 0.2) is 84.0 Å². The summed E-state index contributed by atoms with van der Waals surface area (Å²) in [6.07, 6.45) is 4.56. The first kappa shape index (κ1) is 18.9. The molecular formula is C25H23N3OS. The van der Waals surface area contributed by atoms with Crippen molar-refractivity contribution >= 4 is 28.5 Å². The Balaban J connectivity index is 1.50. The molecule has 1 aromatic heterocycles. The van der Waals surface area contributed by atoms with Crippen molar-refractivity contribution in [3.05, 3.63) is 90.3 Å². The SMILES string of the molecule is COc1ccccc1C1CCN(Cc2cccc3nccnc23)c2ccccc2S1. The van der Waals surface area contributed by atoms with Gasteiger partial charge in [0.2, 0.25) is 0 Å². The van der Waals surface area contributed by atoms with Gasteiger partial charge in [-0.25, -0.2) is 0 Å². The van der Waals surface area contributed by atoms with Crippen molar-refractivity contribution in [2.45, 2.75) is 23.1 Å². The molecule has 0 bridgehead atoms. The van der Waals surface area contributed by atoms with Crippen molar-refractivity contribution in [2.75, 3.05) is 18.6 Å². The largest absolute Gasteiger partial charge is 0.496 e. The number of hydrogen-bond acceptors (Lipinski definition) is 5. The average molecular weight is 414 g/mol. The van der Waals surface area contributed by atoms with Crippen molar-refractivity contribution in [2.24, 2.45) is 0 Å². The van der Waals surface area contributed by atoms with E-state index in [1.54, 1.807) is 19.5 Å². The molecule has 150 valence electrons. The van der Waals surface area contributed by atoms with Crippen molar-refractivity contribution in [1.82, 2.24) is 9.97 Å². The summed E-state index contributed by atoms with van der Waals surface area (Å²) in [5.41, 5.74) is 5.67. The Morgan fingerprint density at radius 2 is 1.80 bits per heavy atom. The number of anilines is 1. The first-order chi connectivity index (χ1) is 14.8. The van der Waals surface area contributed by atoms with Crippen LogP contribution in [0.2, 0.25) is 0 Å². The molecule has 1 atom stereocenters. The van der Waals surface area contributed by atoms with Crippen molar-refractivity contribution in [1.29, 1.82) is 0 Å². The molecule has 4 aromatic rings. The number of thioether (sulfide) groups is 1. The van der Waals surface area contributed by atoms with Crippen LogP contribution in [0.3, 0.4) is 0 Å². The number of rotatable bonds is 4. The van der Waals surface area contributed by atoms with E-state index >= 15 is 0 Å². The molecule has 0 aliphatic carbocycles. The normalized spacial score (nSPS) is 16.2. The molecule has 2 heterocycles. The Labute approximate surface area is 180 Å². The lowest BCUT2D eigenvalue weighted by atomic mass is 10.1. The second-order valence-corrected chi connectivity index (χ2v) is 8.61. The fourth-order valence-corrected chi connectivity index (χ4v) is 5.45. The fraction of sp³-hybridized carbons (Fsp3) is 0.200. The van der Waals surface area contributed by atoms with E-state index in [1.807, 2.05) is 23.9 Å². The average Bonchev–Trinajstić information content (AvgIpc) is 2.99.